The van der Waals surface area contributed by atoms with Crippen molar-refractivity contribution < 1.29 is 13.2 Å². The fraction of sp³-hybridized carbons (Fsp3) is 0.0909. The van der Waals surface area contributed by atoms with Crippen LogP contribution >= 0.6 is 23.2 Å². The third-order valence-electron chi connectivity index (χ3n) is 2.18. The van der Waals surface area contributed by atoms with Gasteiger partial charge in [0.25, 0.3) is 0 Å². The molecule has 7 heteroatoms. The summed E-state index contributed by atoms with van der Waals surface area (Å²) < 4.78 is 38.5. The largest absolute Gasteiger partial charge is 0.417 e. The van der Waals surface area contributed by atoms with Gasteiger partial charge in [-0.2, -0.15) is 13.2 Å². The van der Waals surface area contributed by atoms with Crippen LogP contribution in [0.3, 0.4) is 0 Å². The maximum atomic E-state index is 12.8. The zero-order chi connectivity index (χ0) is 13.3. The van der Waals surface area contributed by atoms with Crippen molar-refractivity contribution in [2.24, 2.45) is 0 Å². The van der Waals surface area contributed by atoms with Crippen molar-refractivity contribution in [3.63, 3.8) is 0 Å². The zero-order valence-corrected chi connectivity index (χ0v) is 10.2. The Balaban J connectivity index is 2.64. The van der Waals surface area contributed by atoms with Crippen LogP contribution in [0.1, 0.15) is 5.56 Å². The molecule has 94 valence electrons. The van der Waals surface area contributed by atoms with Gasteiger partial charge < -0.3 is 0 Å². The normalized spacial score (nSPS) is 11.6. The third-order valence-corrected chi connectivity index (χ3v) is 2.54. The monoisotopic (exact) mass is 292 g/mol. The van der Waals surface area contributed by atoms with Gasteiger partial charge in [-0.15, -0.1) is 0 Å². The highest BCUT2D eigenvalue weighted by molar-refractivity contribution is 6.32. The van der Waals surface area contributed by atoms with Gasteiger partial charge in [0.1, 0.15) is 5.15 Å². The van der Waals surface area contributed by atoms with Crippen LogP contribution in [-0.4, -0.2) is 9.97 Å². The lowest BCUT2D eigenvalue weighted by Gasteiger charge is -2.12. The summed E-state index contributed by atoms with van der Waals surface area (Å²) in [4.78, 5) is 7.34. The van der Waals surface area contributed by atoms with Crippen molar-refractivity contribution in [1.29, 1.82) is 0 Å². The quantitative estimate of drug-likeness (QED) is 0.572. The van der Waals surface area contributed by atoms with Crippen molar-refractivity contribution in [3.8, 4) is 11.3 Å². The molecule has 0 aliphatic carbocycles. The van der Waals surface area contributed by atoms with E-state index < -0.39 is 11.7 Å². The molecular weight excluding hydrogens is 288 g/mol. The Labute approximate surface area is 110 Å². The fourth-order valence-electron chi connectivity index (χ4n) is 1.48. The van der Waals surface area contributed by atoms with Gasteiger partial charge in [0.05, 0.1) is 11.3 Å². The highest BCUT2D eigenvalue weighted by Crippen LogP contribution is 2.36. The molecular formula is C11H5Cl2F3N2. The van der Waals surface area contributed by atoms with E-state index in [-0.39, 0.29) is 21.7 Å². The molecule has 0 unspecified atom stereocenters. The van der Waals surface area contributed by atoms with Crippen molar-refractivity contribution in [2.75, 3.05) is 0 Å². The molecule has 1 heterocycles. The lowest BCUT2D eigenvalue weighted by Crippen LogP contribution is -2.07. The van der Waals surface area contributed by atoms with E-state index in [0.717, 1.165) is 6.07 Å². The number of nitrogens with zero attached hydrogens (tertiary/aromatic N) is 2. The predicted molar refractivity (Wildman–Crippen MR) is 62.5 cm³/mol. The van der Waals surface area contributed by atoms with Crippen LogP contribution < -0.4 is 0 Å². The van der Waals surface area contributed by atoms with E-state index in [1.807, 2.05) is 0 Å². The Morgan fingerprint density at radius 3 is 2.28 bits per heavy atom. The van der Waals surface area contributed by atoms with Crippen LogP contribution in [0.25, 0.3) is 11.3 Å². The number of benzene rings is 1. The molecule has 0 N–H and O–H groups in total. The first kappa shape index (κ1) is 13.1. The van der Waals surface area contributed by atoms with Crippen LogP contribution in [0, 0.1) is 0 Å². The number of hydrogen-bond donors (Lipinski definition) is 0. The zero-order valence-electron chi connectivity index (χ0n) is 8.67. The standard InChI is InChI=1S/C11H5Cl2F3N2/c12-9-5-8(17-10(13)18-9)6-3-1-2-4-7(6)11(14,15)16/h1-5H. The molecule has 0 aliphatic rings. The van der Waals surface area contributed by atoms with E-state index in [2.05, 4.69) is 9.97 Å². The van der Waals surface area contributed by atoms with Crippen LogP contribution in [0.2, 0.25) is 10.4 Å². The summed E-state index contributed by atoms with van der Waals surface area (Å²) in [6.07, 6.45) is -4.47. The van der Waals surface area contributed by atoms with Crippen molar-refractivity contribution in [3.05, 3.63) is 46.3 Å². The summed E-state index contributed by atoms with van der Waals surface area (Å²) in [6.45, 7) is 0. The molecule has 0 aliphatic heterocycles. The molecule has 0 atom stereocenters. The summed E-state index contributed by atoms with van der Waals surface area (Å²) in [6, 6.07) is 6.29. The van der Waals surface area contributed by atoms with Crippen LogP contribution in [0.4, 0.5) is 13.2 Å². The lowest BCUT2D eigenvalue weighted by molar-refractivity contribution is -0.137. The molecule has 0 spiro atoms. The van der Waals surface area contributed by atoms with E-state index >= 15 is 0 Å². The summed E-state index contributed by atoms with van der Waals surface area (Å²) in [5.74, 6) is 0. The average molecular weight is 293 g/mol. The minimum Gasteiger partial charge on any atom is -0.218 e. The molecule has 2 rings (SSSR count). The van der Waals surface area contributed by atoms with Gasteiger partial charge in [0, 0.05) is 11.6 Å². The number of alkyl halides is 3. The third kappa shape index (κ3) is 2.73. The van der Waals surface area contributed by atoms with E-state index in [4.69, 9.17) is 23.2 Å². The lowest BCUT2D eigenvalue weighted by atomic mass is 10.0. The van der Waals surface area contributed by atoms with E-state index in [1.54, 1.807) is 0 Å². The summed E-state index contributed by atoms with van der Waals surface area (Å²) in [7, 11) is 0. The van der Waals surface area contributed by atoms with Crippen LogP contribution in [0.15, 0.2) is 30.3 Å². The molecule has 0 fully saturated rings. The minimum atomic E-state index is -4.47. The highest BCUT2D eigenvalue weighted by Gasteiger charge is 2.33. The first-order valence-corrected chi connectivity index (χ1v) is 5.50. The SMILES string of the molecule is FC(F)(F)c1ccccc1-c1cc(Cl)nc(Cl)n1. The Kier molecular flexibility index (Phi) is 3.45. The van der Waals surface area contributed by atoms with Gasteiger partial charge in [-0.25, -0.2) is 9.97 Å². The van der Waals surface area contributed by atoms with E-state index in [0.29, 0.717) is 0 Å². The first-order valence-electron chi connectivity index (χ1n) is 4.74. The fourth-order valence-corrected chi connectivity index (χ4v) is 1.89. The molecule has 0 bridgehead atoms. The predicted octanol–water partition coefficient (Wildman–Crippen LogP) is 4.47. The topological polar surface area (TPSA) is 25.8 Å². The Morgan fingerprint density at radius 1 is 1.00 bits per heavy atom. The number of rotatable bonds is 1. The maximum absolute atomic E-state index is 12.8. The molecule has 0 saturated heterocycles. The number of halogens is 5. The molecule has 1 aromatic heterocycles. The Hall–Kier alpha value is -1.33. The molecule has 0 radical (unpaired) electrons. The molecule has 2 aromatic rings. The minimum absolute atomic E-state index is 0.0121. The smallest absolute Gasteiger partial charge is 0.218 e. The highest BCUT2D eigenvalue weighted by atomic mass is 35.5. The van der Waals surface area contributed by atoms with Gasteiger partial charge in [-0.1, -0.05) is 29.8 Å². The van der Waals surface area contributed by atoms with Crippen LogP contribution in [0.5, 0.6) is 0 Å². The Bertz CT molecular complexity index is 564. The van der Waals surface area contributed by atoms with Gasteiger partial charge in [-0.3, -0.25) is 0 Å². The second-order valence-electron chi connectivity index (χ2n) is 3.39. The van der Waals surface area contributed by atoms with Crippen molar-refractivity contribution >= 4 is 23.2 Å². The van der Waals surface area contributed by atoms with Gasteiger partial charge in [-0.05, 0) is 17.7 Å². The maximum Gasteiger partial charge on any atom is 0.417 e. The number of hydrogen-bond acceptors (Lipinski definition) is 2. The van der Waals surface area contributed by atoms with Crippen molar-refractivity contribution in [2.45, 2.75) is 6.18 Å². The number of aromatic nitrogens is 2. The van der Waals surface area contributed by atoms with Crippen molar-refractivity contribution in [1.82, 2.24) is 9.97 Å². The molecule has 2 nitrogen and oxygen atoms in total. The van der Waals surface area contributed by atoms with Gasteiger partial charge in [0.2, 0.25) is 5.28 Å². The summed E-state index contributed by atoms with van der Waals surface area (Å²) >= 11 is 11.2. The molecule has 0 amide bonds. The van der Waals surface area contributed by atoms with Gasteiger partial charge >= 0.3 is 6.18 Å². The first-order chi connectivity index (χ1) is 8.38. The van der Waals surface area contributed by atoms with Crippen LogP contribution in [-0.2, 0) is 6.18 Å². The molecule has 18 heavy (non-hydrogen) atoms. The molecule has 1 aromatic carbocycles. The molecule has 0 saturated carbocycles. The van der Waals surface area contributed by atoms with E-state index in [1.165, 1.54) is 24.3 Å². The average Bonchev–Trinajstić information content (AvgIpc) is 2.26. The van der Waals surface area contributed by atoms with E-state index in [9.17, 15) is 13.2 Å². The Morgan fingerprint density at radius 2 is 1.67 bits per heavy atom. The summed E-state index contributed by atoms with van der Waals surface area (Å²) in [5.41, 5.74) is -0.847. The summed E-state index contributed by atoms with van der Waals surface area (Å²) in [5, 5.41) is -0.212. The second kappa shape index (κ2) is 4.74. The second-order valence-corrected chi connectivity index (χ2v) is 4.11. The van der Waals surface area contributed by atoms with Gasteiger partial charge in [0.15, 0.2) is 0 Å².